The first kappa shape index (κ1) is 27.4. The molecular weight excluding hydrogens is 528 g/mol. The molecule has 0 spiro atoms. The van der Waals surface area contributed by atoms with Gasteiger partial charge in [-0.1, -0.05) is 52.0 Å². The molecule has 4 aliphatic rings. The van der Waals surface area contributed by atoms with E-state index in [9.17, 15) is 35.5 Å². The van der Waals surface area contributed by atoms with Gasteiger partial charge in [0.15, 0.2) is 0 Å². The Morgan fingerprint density at radius 2 is 1.03 bits per heavy atom. The predicted molar refractivity (Wildman–Crippen MR) is 143 cm³/mol. The lowest BCUT2D eigenvalue weighted by Gasteiger charge is -2.37. The fourth-order valence-corrected chi connectivity index (χ4v) is 10.7. The molecule has 4 aliphatic carbocycles. The van der Waals surface area contributed by atoms with Crippen LogP contribution >= 0.6 is 0 Å². The summed E-state index contributed by atoms with van der Waals surface area (Å²) >= 11 is 0. The number of Topliss-reactive ketones (excluding diaryl/α,β-unsaturated/α-hetero) is 2. The number of rotatable bonds is 6. The van der Waals surface area contributed by atoms with Gasteiger partial charge < -0.3 is 0 Å². The predicted octanol–water partition coefficient (Wildman–Crippen LogP) is 4.93. The van der Waals surface area contributed by atoms with Crippen LogP contribution in [0.2, 0.25) is 0 Å². The van der Waals surface area contributed by atoms with Crippen molar-refractivity contribution in [3.63, 3.8) is 0 Å². The van der Waals surface area contributed by atoms with E-state index in [4.69, 9.17) is 0 Å². The Labute approximate surface area is 224 Å². The van der Waals surface area contributed by atoms with Crippen LogP contribution in [0, 0.1) is 33.5 Å². The van der Waals surface area contributed by atoms with E-state index in [-0.39, 0.29) is 46.1 Å². The Kier molecular flexibility index (Phi) is 5.91. The summed E-state index contributed by atoms with van der Waals surface area (Å²) in [4.78, 5) is 25.5. The van der Waals surface area contributed by atoms with Gasteiger partial charge in [0.05, 0.1) is 20.6 Å². The number of carbonyl (C=O) groups is 2. The van der Waals surface area contributed by atoms with Crippen molar-refractivity contribution in [3.05, 3.63) is 45.2 Å². The van der Waals surface area contributed by atoms with Crippen molar-refractivity contribution < 1.29 is 35.5 Å². The SMILES string of the molecule is CC1(C)[C@H]2CC[C@@]1(/C(=C/c1ccc(/C=C(/[C@@]34CC[C@@H](CC3=O)C4(C)C)S(=O)(=O)O)cc1)S(=O)(=O)O)C(=O)C2. The largest absolute Gasteiger partial charge is 0.299 e. The molecule has 38 heavy (non-hydrogen) atoms. The third kappa shape index (κ3) is 3.52. The van der Waals surface area contributed by atoms with Crippen molar-refractivity contribution in [1.29, 1.82) is 0 Å². The second kappa shape index (κ2) is 8.19. The maximum atomic E-state index is 13.1. The van der Waals surface area contributed by atoms with Crippen molar-refractivity contribution in [3.8, 4) is 0 Å². The lowest BCUT2D eigenvalue weighted by atomic mass is 9.68. The van der Waals surface area contributed by atoms with E-state index in [0.29, 0.717) is 36.8 Å². The fraction of sp³-hybridized carbons (Fsp3) is 0.571. The Morgan fingerprint density at radius 3 is 1.24 bits per heavy atom. The smallest absolute Gasteiger partial charge is 0.291 e. The van der Waals surface area contributed by atoms with Crippen LogP contribution in [-0.4, -0.2) is 37.5 Å². The van der Waals surface area contributed by atoms with Crippen LogP contribution in [-0.2, 0) is 29.8 Å². The standard InChI is InChI=1S/C28H34O8S2/c1-25(2)19-9-11-27(25,21(29)15-19)23(37(31,32)33)13-17-5-7-18(8-6-17)14-24(38(34,35)36)28-12-10-20(16-22(28)30)26(28,3)4/h5-8,13-14,19-20H,9-12,15-16H2,1-4H3,(H,31,32,33)(H,34,35,36)/b23-13-,24-14-/t19-,20-,27-,28+/m0/s1. The topological polar surface area (TPSA) is 143 Å². The van der Waals surface area contributed by atoms with Gasteiger partial charge in [0.1, 0.15) is 11.6 Å². The molecule has 4 atom stereocenters. The van der Waals surface area contributed by atoms with Crippen LogP contribution in [0.15, 0.2) is 34.1 Å². The number of benzene rings is 1. The van der Waals surface area contributed by atoms with E-state index in [1.807, 2.05) is 27.7 Å². The summed E-state index contributed by atoms with van der Waals surface area (Å²) in [5.41, 5.74) is -3.03. The molecule has 8 nitrogen and oxygen atoms in total. The molecule has 206 valence electrons. The molecule has 1 aromatic carbocycles. The molecule has 0 aliphatic heterocycles. The maximum Gasteiger partial charge on any atom is 0.291 e. The highest BCUT2D eigenvalue weighted by Crippen LogP contribution is 2.69. The second-order valence-electron chi connectivity index (χ2n) is 12.6. The highest BCUT2D eigenvalue weighted by Gasteiger charge is 2.68. The molecule has 10 heteroatoms. The summed E-state index contributed by atoms with van der Waals surface area (Å²) in [6, 6.07) is 6.24. The van der Waals surface area contributed by atoms with Crippen molar-refractivity contribution in [2.45, 2.75) is 66.2 Å². The first-order chi connectivity index (χ1) is 17.4. The fourth-order valence-electron chi connectivity index (χ4n) is 8.34. The van der Waals surface area contributed by atoms with E-state index in [1.165, 1.54) is 12.2 Å². The molecule has 4 fully saturated rings. The minimum Gasteiger partial charge on any atom is -0.299 e. The van der Waals surface area contributed by atoms with Gasteiger partial charge in [0.25, 0.3) is 20.2 Å². The van der Waals surface area contributed by atoms with E-state index in [2.05, 4.69) is 0 Å². The number of hydrogen-bond donors (Lipinski definition) is 2. The Hall–Kier alpha value is -2.14. The van der Waals surface area contributed by atoms with Gasteiger partial charge in [0.2, 0.25) is 0 Å². The monoisotopic (exact) mass is 562 g/mol. The molecule has 4 saturated carbocycles. The number of ketones is 2. The normalized spacial score (nSPS) is 34.4. The van der Waals surface area contributed by atoms with Gasteiger partial charge in [-0.15, -0.1) is 0 Å². The third-order valence-corrected chi connectivity index (χ3v) is 12.8. The Bertz CT molecular complexity index is 1400. The summed E-state index contributed by atoms with van der Waals surface area (Å²) in [6.07, 6.45) is 5.30. The van der Waals surface area contributed by atoms with Gasteiger partial charge in [0, 0.05) is 12.8 Å². The molecule has 4 bridgehead atoms. The molecule has 0 heterocycles. The van der Waals surface area contributed by atoms with Gasteiger partial charge in [-0.3, -0.25) is 18.7 Å². The summed E-state index contributed by atoms with van der Waals surface area (Å²) in [6.45, 7) is 7.49. The summed E-state index contributed by atoms with van der Waals surface area (Å²) in [5, 5.41) is 0. The van der Waals surface area contributed by atoms with Crippen molar-refractivity contribution in [1.82, 2.24) is 0 Å². The number of hydrogen-bond acceptors (Lipinski definition) is 6. The first-order valence-electron chi connectivity index (χ1n) is 12.9. The average Bonchev–Trinajstić information content (AvgIpc) is 3.34. The lowest BCUT2D eigenvalue weighted by Crippen LogP contribution is -2.40. The van der Waals surface area contributed by atoms with Gasteiger partial charge >= 0.3 is 0 Å². The lowest BCUT2D eigenvalue weighted by molar-refractivity contribution is -0.127. The quantitative estimate of drug-likeness (QED) is 0.465. The van der Waals surface area contributed by atoms with Crippen LogP contribution in [0.1, 0.15) is 77.3 Å². The highest BCUT2D eigenvalue weighted by molar-refractivity contribution is 7.90. The molecule has 5 rings (SSSR count). The molecule has 0 amide bonds. The van der Waals surface area contributed by atoms with Crippen LogP contribution in [0.5, 0.6) is 0 Å². The second-order valence-corrected chi connectivity index (χ2v) is 15.4. The summed E-state index contributed by atoms with van der Waals surface area (Å²) in [5.74, 6) is -0.275. The van der Waals surface area contributed by atoms with Gasteiger partial charge in [-0.2, -0.15) is 16.8 Å². The molecule has 2 N–H and O–H groups in total. The van der Waals surface area contributed by atoms with E-state index >= 15 is 0 Å². The zero-order valence-electron chi connectivity index (χ0n) is 22.0. The minimum atomic E-state index is -4.70. The average molecular weight is 563 g/mol. The third-order valence-electron chi connectivity index (χ3n) is 10.7. The molecule has 0 aromatic heterocycles. The van der Waals surface area contributed by atoms with E-state index in [0.717, 1.165) is 0 Å². The zero-order valence-corrected chi connectivity index (χ0v) is 23.7. The first-order valence-corrected chi connectivity index (χ1v) is 15.8. The highest BCUT2D eigenvalue weighted by atomic mass is 32.2. The molecule has 1 aromatic rings. The van der Waals surface area contributed by atoms with Crippen molar-refractivity contribution in [2.75, 3.05) is 0 Å². The van der Waals surface area contributed by atoms with Gasteiger partial charge in [-0.25, -0.2) is 0 Å². The van der Waals surface area contributed by atoms with E-state index in [1.54, 1.807) is 24.3 Å². The number of carbonyl (C=O) groups excluding carboxylic acids is 2. The summed E-state index contributed by atoms with van der Waals surface area (Å²) < 4.78 is 70.7. The van der Waals surface area contributed by atoms with Crippen LogP contribution in [0.3, 0.4) is 0 Å². The molecule has 0 saturated heterocycles. The molecular formula is C28H34O8S2. The van der Waals surface area contributed by atoms with E-state index < -0.39 is 41.9 Å². The van der Waals surface area contributed by atoms with Crippen LogP contribution < -0.4 is 0 Å². The van der Waals surface area contributed by atoms with Crippen molar-refractivity contribution in [2.24, 2.45) is 33.5 Å². The molecule has 0 unspecified atom stereocenters. The van der Waals surface area contributed by atoms with Crippen LogP contribution in [0.4, 0.5) is 0 Å². The Balaban J connectivity index is 1.58. The van der Waals surface area contributed by atoms with Gasteiger partial charge in [-0.05, 0) is 71.6 Å². The zero-order chi connectivity index (χ0) is 28.1. The van der Waals surface area contributed by atoms with Crippen molar-refractivity contribution >= 4 is 44.0 Å². The number of fused-ring (bicyclic) bond motifs is 4. The Morgan fingerprint density at radius 1 is 0.711 bits per heavy atom. The summed E-state index contributed by atoms with van der Waals surface area (Å²) in [7, 11) is -9.40. The van der Waals surface area contributed by atoms with Crippen LogP contribution in [0.25, 0.3) is 12.2 Å². The minimum absolute atomic E-state index is 0.0450. The number of allylic oxidation sites excluding steroid dienone is 2. The molecule has 0 radical (unpaired) electrons. The maximum absolute atomic E-state index is 13.1.